The van der Waals surface area contributed by atoms with Gasteiger partial charge in [-0.3, -0.25) is 4.68 Å². The highest BCUT2D eigenvalue weighted by Crippen LogP contribution is 2.31. The molecule has 1 atom stereocenters. The number of aryl methyl sites for hydroxylation is 1. The van der Waals surface area contributed by atoms with Crippen LogP contribution in [0.15, 0.2) is 24.5 Å². The SMILES string of the molecule is Cn1ncc2c1CCC[C@@H]2Nc1ccc(C#N)cn1. The zero-order chi connectivity index (χ0) is 13.2. The second-order valence-electron chi connectivity index (χ2n) is 4.80. The molecule has 1 aliphatic carbocycles. The van der Waals surface area contributed by atoms with Gasteiger partial charge in [-0.15, -0.1) is 0 Å². The molecule has 0 amide bonds. The van der Waals surface area contributed by atoms with Gasteiger partial charge in [0, 0.05) is 24.5 Å². The molecule has 1 aliphatic rings. The number of hydrogen-bond acceptors (Lipinski definition) is 4. The average Bonchev–Trinajstić information content (AvgIpc) is 2.83. The van der Waals surface area contributed by atoms with Gasteiger partial charge in [0.15, 0.2) is 0 Å². The number of nitrogens with one attached hydrogen (secondary N) is 1. The van der Waals surface area contributed by atoms with Crippen molar-refractivity contribution in [2.75, 3.05) is 5.32 Å². The number of hydrogen-bond donors (Lipinski definition) is 1. The van der Waals surface area contributed by atoms with Gasteiger partial charge in [-0.05, 0) is 31.4 Å². The lowest BCUT2D eigenvalue weighted by atomic mass is 9.93. The average molecular weight is 253 g/mol. The lowest BCUT2D eigenvalue weighted by Gasteiger charge is -2.24. The first-order valence-electron chi connectivity index (χ1n) is 6.41. The zero-order valence-electron chi connectivity index (χ0n) is 10.8. The van der Waals surface area contributed by atoms with Crippen LogP contribution < -0.4 is 5.32 Å². The largest absolute Gasteiger partial charge is 0.363 e. The van der Waals surface area contributed by atoms with Crippen molar-refractivity contribution in [2.24, 2.45) is 7.05 Å². The fraction of sp³-hybridized carbons (Fsp3) is 0.357. The van der Waals surface area contributed by atoms with Crippen LogP contribution in [-0.4, -0.2) is 14.8 Å². The standard InChI is InChI=1S/C14H15N5/c1-19-13-4-2-3-12(11(13)9-17-19)18-14-6-5-10(7-15)8-16-14/h5-6,8-9,12H,2-4H2,1H3,(H,16,18)/t12-/m0/s1. The first kappa shape index (κ1) is 11.7. The van der Waals surface area contributed by atoms with Crippen LogP contribution >= 0.6 is 0 Å². The van der Waals surface area contributed by atoms with Crippen LogP contribution in [0, 0.1) is 11.3 Å². The van der Waals surface area contributed by atoms with E-state index in [-0.39, 0.29) is 6.04 Å². The van der Waals surface area contributed by atoms with Crippen LogP contribution in [0.3, 0.4) is 0 Å². The highest BCUT2D eigenvalue weighted by molar-refractivity contribution is 5.42. The molecule has 1 N–H and O–H groups in total. The third-order valence-corrected chi connectivity index (χ3v) is 3.59. The molecule has 0 unspecified atom stereocenters. The fourth-order valence-corrected chi connectivity index (χ4v) is 2.58. The Morgan fingerprint density at radius 3 is 3.05 bits per heavy atom. The molecule has 2 aromatic heterocycles. The first-order chi connectivity index (χ1) is 9.28. The summed E-state index contributed by atoms with van der Waals surface area (Å²) in [5.74, 6) is 0.806. The van der Waals surface area contributed by atoms with Gasteiger partial charge in [0.25, 0.3) is 0 Å². The summed E-state index contributed by atoms with van der Waals surface area (Å²) in [4.78, 5) is 4.26. The van der Waals surface area contributed by atoms with Crippen LogP contribution in [0.1, 0.15) is 35.7 Å². The van der Waals surface area contributed by atoms with Crippen LogP contribution in [0.4, 0.5) is 5.82 Å². The van der Waals surface area contributed by atoms with Crippen LogP contribution in [0.2, 0.25) is 0 Å². The lowest BCUT2D eigenvalue weighted by molar-refractivity contribution is 0.570. The minimum absolute atomic E-state index is 0.262. The predicted molar refractivity (Wildman–Crippen MR) is 71.5 cm³/mol. The van der Waals surface area contributed by atoms with Crippen LogP contribution in [-0.2, 0) is 13.5 Å². The molecule has 2 heterocycles. The van der Waals surface area contributed by atoms with Gasteiger partial charge in [0.1, 0.15) is 11.9 Å². The van der Waals surface area contributed by atoms with Gasteiger partial charge in [-0.1, -0.05) is 0 Å². The molecule has 96 valence electrons. The normalized spacial score (nSPS) is 17.6. The van der Waals surface area contributed by atoms with Gasteiger partial charge in [0.05, 0.1) is 17.8 Å². The van der Waals surface area contributed by atoms with E-state index in [1.807, 2.05) is 24.0 Å². The molecular formula is C14H15N5. The van der Waals surface area contributed by atoms with E-state index in [9.17, 15) is 0 Å². The van der Waals surface area contributed by atoms with Crippen molar-refractivity contribution < 1.29 is 0 Å². The van der Waals surface area contributed by atoms with Gasteiger partial charge >= 0.3 is 0 Å². The molecule has 0 saturated heterocycles. The van der Waals surface area contributed by atoms with E-state index < -0.39 is 0 Å². The van der Waals surface area contributed by atoms with E-state index in [2.05, 4.69) is 21.5 Å². The number of nitriles is 1. The third kappa shape index (κ3) is 2.17. The molecule has 3 rings (SSSR count). The minimum Gasteiger partial charge on any atom is -0.363 e. The van der Waals surface area contributed by atoms with E-state index in [1.54, 1.807) is 12.3 Å². The second-order valence-corrected chi connectivity index (χ2v) is 4.80. The number of fused-ring (bicyclic) bond motifs is 1. The first-order valence-corrected chi connectivity index (χ1v) is 6.41. The smallest absolute Gasteiger partial charge is 0.126 e. The van der Waals surface area contributed by atoms with Crippen LogP contribution in [0.25, 0.3) is 0 Å². The quantitative estimate of drug-likeness (QED) is 0.890. The van der Waals surface area contributed by atoms with Crippen LogP contribution in [0.5, 0.6) is 0 Å². The summed E-state index contributed by atoms with van der Waals surface area (Å²) in [6.45, 7) is 0. The summed E-state index contributed by atoms with van der Waals surface area (Å²) >= 11 is 0. The summed E-state index contributed by atoms with van der Waals surface area (Å²) in [7, 11) is 1.99. The number of rotatable bonds is 2. The monoisotopic (exact) mass is 253 g/mol. The van der Waals surface area contributed by atoms with Crippen molar-refractivity contribution in [1.29, 1.82) is 5.26 Å². The fourth-order valence-electron chi connectivity index (χ4n) is 2.58. The summed E-state index contributed by atoms with van der Waals surface area (Å²) in [5, 5.41) is 16.5. The summed E-state index contributed by atoms with van der Waals surface area (Å²) in [6.07, 6.45) is 6.86. The highest BCUT2D eigenvalue weighted by atomic mass is 15.3. The maximum atomic E-state index is 8.76. The van der Waals surface area contributed by atoms with Crippen molar-refractivity contribution >= 4 is 5.82 Å². The number of pyridine rings is 1. The van der Waals surface area contributed by atoms with E-state index in [0.717, 1.165) is 25.1 Å². The Morgan fingerprint density at radius 2 is 2.32 bits per heavy atom. The van der Waals surface area contributed by atoms with Gasteiger partial charge in [-0.25, -0.2) is 4.98 Å². The Kier molecular flexibility index (Phi) is 2.92. The molecule has 0 aromatic carbocycles. The van der Waals surface area contributed by atoms with Gasteiger partial charge in [-0.2, -0.15) is 10.4 Å². The molecule has 0 bridgehead atoms. The Labute approximate surface area is 111 Å². The second kappa shape index (κ2) is 4.73. The Hall–Kier alpha value is -2.35. The maximum absolute atomic E-state index is 8.76. The molecule has 5 heteroatoms. The molecule has 0 fully saturated rings. The van der Waals surface area contributed by atoms with E-state index in [0.29, 0.717) is 5.56 Å². The molecule has 0 aliphatic heterocycles. The number of aromatic nitrogens is 3. The molecule has 19 heavy (non-hydrogen) atoms. The van der Waals surface area contributed by atoms with Crippen molar-refractivity contribution in [3.8, 4) is 6.07 Å². The van der Waals surface area contributed by atoms with E-state index >= 15 is 0 Å². The van der Waals surface area contributed by atoms with Crippen molar-refractivity contribution in [3.63, 3.8) is 0 Å². The number of anilines is 1. The Morgan fingerprint density at radius 1 is 1.42 bits per heavy atom. The molecule has 0 saturated carbocycles. The van der Waals surface area contributed by atoms with E-state index in [4.69, 9.17) is 5.26 Å². The van der Waals surface area contributed by atoms with E-state index in [1.165, 1.54) is 11.3 Å². The molecule has 0 spiro atoms. The molecule has 5 nitrogen and oxygen atoms in total. The lowest BCUT2D eigenvalue weighted by Crippen LogP contribution is -2.18. The summed E-state index contributed by atoms with van der Waals surface area (Å²) < 4.78 is 1.95. The third-order valence-electron chi connectivity index (χ3n) is 3.59. The maximum Gasteiger partial charge on any atom is 0.126 e. The topological polar surface area (TPSA) is 66.5 Å². The molecular weight excluding hydrogens is 238 g/mol. The number of nitrogens with zero attached hydrogens (tertiary/aromatic N) is 4. The molecule has 2 aromatic rings. The van der Waals surface area contributed by atoms with Gasteiger partial charge in [0.2, 0.25) is 0 Å². The zero-order valence-corrected chi connectivity index (χ0v) is 10.8. The van der Waals surface area contributed by atoms with Crippen molar-refractivity contribution in [1.82, 2.24) is 14.8 Å². The predicted octanol–water partition coefficient (Wildman–Crippen LogP) is 2.18. The van der Waals surface area contributed by atoms with Crippen molar-refractivity contribution in [3.05, 3.63) is 41.3 Å². The van der Waals surface area contributed by atoms with Gasteiger partial charge < -0.3 is 5.32 Å². The highest BCUT2D eigenvalue weighted by Gasteiger charge is 2.23. The molecule has 0 radical (unpaired) electrons. The Bertz CT molecular complexity index is 620. The summed E-state index contributed by atoms with van der Waals surface area (Å²) in [5.41, 5.74) is 3.15. The van der Waals surface area contributed by atoms with Crippen molar-refractivity contribution in [2.45, 2.75) is 25.3 Å². The Balaban J connectivity index is 1.82. The summed E-state index contributed by atoms with van der Waals surface area (Å²) in [6, 6.07) is 5.97. The minimum atomic E-state index is 0.262.